The molecule has 1 aliphatic rings. The van der Waals surface area contributed by atoms with Crippen molar-refractivity contribution in [2.75, 3.05) is 7.05 Å². The topological polar surface area (TPSA) is 104 Å². The number of nitrogens with zero attached hydrogens (tertiary/aromatic N) is 1. The van der Waals surface area contributed by atoms with E-state index in [4.69, 9.17) is 4.74 Å². The highest BCUT2D eigenvalue weighted by Gasteiger charge is 2.54. The van der Waals surface area contributed by atoms with E-state index in [0.717, 1.165) is 17.7 Å². The van der Waals surface area contributed by atoms with Crippen LogP contribution in [-0.2, 0) is 14.4 Å². The summed E-state index contributed by atoms with van der Waals surface area (Å²) in [4.78, 5) is 37.4. The highest BCUT2D eigenvalue weighted by Crippen LogP contribution is 2.43. The number of amides is 1. The summed E-state index contributed by atoms with van der Waals surface area (Å²) in [6.45, 7) is 2.02. The molecule has 1 aliphatic carbocycles. The molecular formula is C24H27NO6. The molecule has 0 aliphatic heterocycles. The SMILES string of the molecule is CCC[C@@H](c1ccc(Oc2ccccc2)cc1)N(C)C(=O)C1CC(C(=O)O)C1C(=O)O. The lowest BCUT2D eigenvalue weighted by atomic mass is 9.64. The molecule has 0 bridgehead atoms. The van der Waals surface area contributed by atoms with Gasteiger partial charge >= 0.3 is 11.9 Å². The van der Waals surface area contributed by atoms with Gasteiger partial charge in [-0.05, 0) is 42.7 Å². The Morgan fingerprint density at radius 2 is 1.58 bits per heavy atom. The molecular weight excluding hydrogens is 398 g/mol. The molecule has 3 unspecified atom stereocenters. The second kappa shape index (κ2) is 9.64. The van der Waals surface area contributed by atoms with Crippen molar-refractivity contribution in [1.29, 1.82) is 0 Å². The lowest BCUT2D eigenvalue weighted by Gasteiger charge is -2.41. The maximum atomic E-state index is 13.1. The second-order valence-corrected chi connectivity index (χ2v) is 7.89. The van der Waals surface area contributed by atoms with Crippen LogP contribution in [0.4, 0.5) is 0 Å². The molecule has 1 fully saturated rings. The van der Waals surface area contributed by atoms with Crippen molar-refractivity contribution in [1.82, 2.24) is 4.90 Å². The first kappa shape index (κ1) is 22.3. The van der Waals surface area contributed by atoms with Gasteiger partial charge in [-0.2, -0.15) is 0 Å². The average Bonchev–Trinajstić information content (AvgIpc) is 2.71. The Hall–Kier alpha value is -3.35. The molecule has 7 heteroatoms. The summed E-state index contributed by atoms with van der Waals surface area (Å²) in [5, 5.41) is 18.6. The molecule has 1 saturated carbocycles. The summed E-state index contributed by atoms with van der Waals surface area (Å²) in [7, 11) is 1.66. The van der Waals surface area contributed by atoms with Gasteiger partial charge in [0, 0.05) is 7.05 Å². The number of carboxylic acids is 2. The number of hydrogen-bond acceptors (Lipinski definition) is 4. The van der Waals surface area contributed by atoms with E-state index in [9.17, 15) is 24.6 Å². The van der Waals surface area contributed by atoms with E-state index in [1.807, 2.05) is 61.5 Å². The molecule has 2 N–H and O–H groups in total. The van der Waals surface area contributed by atoms with Crippen LogP contribution in [0.25, 0.3) is 0 Å². The number of carboxylic acid groups (broad SMARTS) is 2. The van der Waals surface area contributed by atoms with Crippen LogP contribution >= 0.6 is 0 Å². The van der Waals surface area contributed by atoms with E-state index in [0.29, 0.717) is 12.2 Å². The number of ether oxygens (including phenoxy) is 1. The Morgan fingerprint density at radius 1 is 0.968 bits per heavy atom. The number of carbonyl (C=O) groups excluding carboxylic acids is 1. The minimum atomic E-state index is -1.24. The van der Waals surface area contributed by atoms with Gasteiger partial charge in [-0.1, -0.05) is 43.7 Å². The maximum absolute atomic E-state index is 13.1. The summed E-state index contributed by atoms with van der Waals surface area (Å²) >= 11 is 0. The minimum Gasteiger partial charge on any atom is -0.481 e. The molecule has 4 atom stereocenters. The first-order chi connectivity index (χ1) is 14.8. The van der Waals surface area contributed by atoms with E-state index in [1.165, 1.54) is 0 Å². The molecule has 1 amide bonds. The standard InChI is InChI=1S/C24H27NO6/c1-3-7-20(15-10-12-17(13-11-15)31-16-8-5-4-6-9-16)25(2)22(26)18-14-19(23(27)28)21(18)24(29)30/h4-6,8-13,18-21H,3,7,14H2,1-2H3,(H,27,28)(H,29,30)/t18?,19?,20-,21?/m0/s1. The van der Waals surface area contributed by atoms with Crippen LogP contribution in [-0.4, -0.2) is 40.0 Å². The molecule has 3 rings (SSSR count). The van der Waals surface area contributed by atoms with Crippen molar-refractivity contribution in [3.63, 3.8) is 0 Å². The van der Waals surface area contributed by atoms with Crippen LogP contribution in [0, 0.1) is 17.8 Å². The van der Waals surface area contributed by atoms with E-state index in [2.05, 4.69) is 0 Å². The summed E-state index contributed by atoms with van der Waals surface area (Å²) in [6.07, 6.45) is 1.58. The Morgan fingerprint density at radius 3 is 2.13 bits per heavy atom. The van der Waals surface area contributed by atoms with E-state index < -0.39 is 29.7 Å². The van der Waals surface area contributed by atoms with Crippen molar-refractivity contribution < 1.29 is 29.3 Å². The number of carbonyl (C=O) groups is 3. The number of para-hydroxylation sites is 1. The number of rotatable bonds is 9. The molecule has 2 aromatic carbocycles. The molecule has 0 aromatic heterocycles. The van der Waals surface area contributed by atoms with Crippen molar-refractivity contribution in [2.24, 2.45) is 17.8 Å². The zero-order chi connectivity index (χ0) is 22.5. The zero-order valence-corrected chi connectivity index (χ0v) is 17.6. The largest absolute Gasteiger partial charge is 0.481 e. The minimum absolute atomic E-state index is 0.0537. The number of hydrogen-bond donors (Lipinski definition) is 2. The van der Waals surface area contributed by atoms with Crippen molar-refractivity contribution in [3.05, 3.63) is 60.2 Å². The third kappa shape index (κ3) is 4.87. The number of benzene rings is 2. The van der Waals surface area contributed by atoms with Crippen molar-refractivity contribution in [2.45, 2.75) is 32.2 Å². The fourth-order valence-electron chi connectivity index (χ4n) is 4.16. The molecule has 31 heavy (non-hydrogen) atoms. The molecule has 0 spiro atoms. The quantitative estimate of drug-likeness (QED) is 0.624. The molecule has 0 heterocycles. The van der Waals surface area contributed by atoms with Gasteiger partial charge in [0.1, 0.15) is 11.5 Å². The van der Waals surface area contributed by atoms with Crippen LogP contribution < -0.4 is 4.74 Å². The number of aliphatic carboxylic acids is 2. The van der Waals surface area contributed by atoms with E-state index >= 15 is 0 Å². The van der Waals surface area contributed by atoms with Gasteiger partial charge in [-0.25, -0.2) is 0 Å². The summed E-state index contributed by atoms with van der Waals surface area (Å²) in [6, 6.07) is 16.7. The summed E-state index contributed by atoms with van der Waals surface area (Å²) in [5.41, 5.74) is 0.916. The van der Waals surface area contributed by atoms with Gasteiger partial charge in [0.25, 0.3) is 0 Å². The lowest BCUT2D eigenvalue weighted by molar-refractivity contribution is -0.172. The third-order valence-corrected chi connectivity index (χ3v) is 5.92. The van der Waals surface area contributed by atoms with Gasteiger partial charge < -0.3 is 19.8 Å². The second-order valence-electron chi connectivity index (χ2n) is 7.89. The Kier molecular flexibility index (Phi) is 6.95. The highest BCUT2D eigenvalue weighted by atomic mass is 16.5. The normalized spacial score (nSPS) is 20.9. The van der Waals surface area contributed by atoms with Crippen LogP contribution in [0.3, 0.4) is 0 Å². The van der Waals surface area contributed by atoms with E-state index in [-0.39, 0.29) is 18.4 Å². The van der Waals surface area contributed by atoms with Gasteiger partial charge in [-0.15, -0.1) is 0 Å². The summed E-state index contributed by atoms with van der Waals surface area (Å²) in [5.74, 6) is -4.34. The van der Waals surface area contributed by atoms with Crippen LogP contribution in [0.15, 0.2) is 54.6 Å². The Labute approximate surface area is 181 Å². The van der Waals surface area contributed by atoms with Crippen LogP contribution in [0.5, 0.6) is 11.5 Å². The third-order valence-electron chi connectivity index (χ3n) is 5.92. The molecule has 0 radical (unpaired) electrons. The van der Waals surface area contributed by atoms with Crippen LogP contribution in [0.2, 0.25) is 0 Å². The Bertz CT molecular complexity index is 927. The molecule has 164 valence electrons. The lowest BCUT2D eigenvalue weighted by Crippen LogP contribution is -2.53. The van der Waals surface area contributed by atoms with Crippen molar-refractivity contribution in [3.8, 4) is 11.5 Å². The molecule has 0 saturated heterocycles. The van der Waals surface area contributed by atoms with Gasteiger partial charge in [-0.3, -0.25) is 14.4 Å². The first-order valence-corrected chi connectivity index (χ1v) is 10.4. The molecule has 2 aromatic rings. The fourth-order valence-corrected chi connectivity index (χ4v) is 4.16. The van der Waals surface area contributed by atoms with Crippen LogP contribution in [0.1, 0.15) is 37.8 Å². The fraction of sp³-hybridized carbons (Fsp3) is 0.375. The van der Waals surface area contributed by atoms with Gasteiger partial charge in [0.15, 0.2) is 0 Å². The zero-order valence-electron chi connectivity index (χ0n) is 17.6. The monoisotopic (exact) mass is 425 g/mol. The Balaban J connectivity index is 1.74. The first-order valence-electron chi connectivity index (χ1n) is 10.4. The summed E-state index contributed by atoms with van der Waals surface area (Å²) < 4.78 is 5.82. The predicted molar refractivity (Wildman–Crippen MR) is 114 cm³/mol. The smallest absolute Gasteiger partial charge is 0.308 e. The maximum Gasteiger partial charge on any atom is 0.308 e. The van der Waals surface area contributed by atoms with E-state index in [1.54, 1.807) is 11.9 Å². The van der Waals surface area contributed by atoms with Gasteiger partial charge in [0.2, 0.25) is 5.91 Å². The molecule has 7 nitrogen and oxygen atoms in total. The predicted octanol–water partition coefficient (Wildman–Crippen LogP) is 4.20. The highest BCUT2D eigenvalue weighted by molar-refractivity contribution is 5.91. The van der Waals surface area contributed by atoms with Gasteiger partial charge in [0.05, 0.1) is 23.8 Å². The van der Waals surface area contributed by atoms with Crippen molar-refractivity contribution >= 4 is 17.8 Å². The average molecular weight is 425 g/mol.